The first-order chi connectivity index (χ1) is 10.6. The van der Waals surface area contributed by atoms with Crippen molar-refractivity contribution in [1.29, 1.82) is 0 Å². The Bertz CT molecular complexity index is 693. The number of phenolic OH excluding ortho intramolecular Hbond substituents is 1. The number of nitrogens with zero attached hydrogens (tertiary/aromatic N) is 2. The van der Waals surface area contributed by atoms with Gasteiger partial charge in [0.15, 0.2) is 0 Å². The van der Waals surface area contributed by atoms with Gasteiger partial charge in [-0.2, -0.15) is 0 Å². The zero-order valence-corrected chi connectivity index (χ0v) is 12.5. The number of benzene rings is 1. The number of pyridine rings is 1. The van der Waals surface area contributed by atoms with Crippen LogP contribution in [0.5, 0.6) is 5.75 Å². The summed E-state index contributed by atoms with van der Waals surface area (Å²) in [6.07, 6.45) is 2.75. The van der Waals surface area contributed by atoms with Crippen molar-refractivity contribution in [2.75, 3.05) is 19.7 Å². The average molecular weight is 319 g/mol. The lowest BCUT2D eigenvalue weighted by molar-refractivity contribution is -0.0228. The molecule has 1 aliphatic rings. The van der Waals surface area contributed by atoms with E-state index < -0.39 is 0 Å². The van der Waals surface area contributed by atoms with Crippen molar-refractivity contribution in [1.82, 2.24) is 9.88 Å². The molecule has 0 spiro atoms. The van der Waals surface area contributed by atoms with Gasteiger partial charge in [0.2, 0.25) is 0 Å². The van der Waals surface area contributed by atoms with Gasteiger partial charge >= 0.3 is 0 Å². The minimum Gasteiger partial charge on any atom is -0.508 e. The number of amides is 1. The summed E-state index contributed by atoms with van der Waals surface area (Å²) < 4.78 is 5.72. The van der Waals surface area contributed by atoms with Gasteiger partial charge in [0.25, 0.3) is 5.91 Å². The highest BCUT2D eigenvalue weighted by Crippen LogP contribution is 2.26. The van der Waals surface area contributed by atoms with Crippen LogP contribution < -0.4 is 0 Å². The smallest absolute Gasteiger partial charge is 0.255 e. The summed E-state index contributed by atoms with van der Waals surface area (Å²) in [6.45, 7) is 1.36. The van der Waals surface area contributed by atoms with Crippen molar-refractivity contribution in [3.8, 4) is 5.75 Å². The quantitative estimate of drug-likeness (QED) is 0.924. The summed E-state index contributed by atoms with van der Waals surface area (Å²) in [5.41, 5.74) is 1.28. The normalized spacial score (nSPS) is 18.2. The van der Waals surface area contributed by atoms with E-state index in [9.17, 15) is 9.90 Å². The number of hydrogen-bond donors (Lipinski definition) is 1. The van der Waals surface area contributed by atoms with Crippen molar-refractivity contribution in [2.24, 2.45) is 0 Å². The Morgan fingerprint density at radius 2 is 2.27 bits per heavy atom. The SMILES string of the molecule is O=C(c1ccncc1Cl)N1CCOC(c2cccc(O)c2)C1. The van der Waals surface area contributed by atoms with E-state index in [2.05, 4.69) is 4.98 Å². The number of morpholine rings is 1. The van der Waals surface area contributed by atoms with Crippen LogP contribution in [0.1, 0.15) is 22.0 Å². The van der Waals surface area contributed by atoms with E-state index in [1.165, 1.54) is 6.20 Å². The molecule has 1 aromatic carbocycles. The molecule has 0 saturated carbocycles. The van der Waals surface area contributed by atoms with Crippen LogP contribution in [0, 0.1) is 0 Å². The third-order valence-corrected chi connectivity index (χ3v) is 3.90. The number of carbonyl (C=O) groups excluding carboxylic acids is 1. The summed E-state index contributed by atoms with van der Waals surface area (Å²) in [5.74, 6) is 0.0441. The largest absolute Gasteiger partial charge is 0.508 e. The zero-order valence-electron chi connectivity index (χ0n) is 11.8. The van der Waals surface area contributed by atoms with Crippen LogP contribution in [0.2, 0.25) is 5.02 Å². The average Bonchev–Trinajstić information content (AvgIpc) is 2.55. The maximum atomic E-state index is 12.6. The molecule has 5 nitrogen and oxygen atoms in total. The van der Waals surface area contributed by atoms with Gasteiger partial charge in [0, 0.05) is 18.9 Å². The Balaban J connectivity index is 1.78. The van der Waals surface area contributed by atoms with Crippen molar-refractivity contribution in [3.05, 3.63) is 58.9 Å². The molecule has 0 bridgehead atoms. The second-order valence-electron chi connectivity index (χ2n) is 5.06. The predicted molar refractivity (Wildman–Crippen MR) is 82.0 cm³/mol. The highest BCUT2D eigenvalue weighted by atomic mass is 35.5. The van der Waals surface area contributed by atoms with Crippen LogP contribution in [0.15, 0.2) is 42.7 Å². The van der Waals surface area contributed by atoms with Crippen molar-refractivity contribution in [3.63, 3.8) is 0 Å². The second kappa shape index (κ2) is 6.34. The van der Waals surface area contributed by atoms with Gasteiger partial charge in [0.05, 0.1) is 23.7 Å². The Kier molecular flexibility index (Phi) is 4.27. The third kappa shape index (κ3) is 3.05. The number of ether oxygens (including phenoxy) is 1. The van der Waals surface area contributed by atoms with Gasteiger partial charge in [-0.1, -0.05) is 23.7 Å². The van der Waals surface area contributed by atoms with Gasteiger partial charge in [0.1, 0.15) is 11.9 Å². The minimum atomic E-state index is -0.259. The molecule has 0 radical (unpaired) electrons. The molecule has 1 N–H and O–H groups in total. The van der Waals surface area contributed by atoms with Crippen LogP contribution in [0.4, 0.5) is 0 Å². The molecule has 2 heterocycles. The molecule has 1 aliphatic heterocycles. The van der Waals surface area contributed by atoms with Gasteiger partial charge in [-0.25, -0.2) is 0 Å². The zero-order chi connectivity index (χ0) is 15.5. The first-order valence-electron chi connectivity index (χ1n) is 6.94. The lowest BCUT2D eigenvalue weighted by atomic mass is 10.1. The molecular formula is C16H15ClN2O3. The molecule has 1 fully saturated rings. The maximum absolute atomic E-state index is 12.6. The number of phenols is 1. The molecule has 3 rings (SSSR count). The van der Waals surface area contributed by atoms with Crippen LogP contribution in [-0.4, -0.2) is 40.6 Å². The van der Waals surface area contributed by atoms with Gasteiger partial charge < -0.3 is 14.7 Å². The summed E-state index contributed by atoms with van der Waals surface area (Å²) in [6, 6.07) is 8.50. The highest BCUT2D eigenvalue weighted by Gasteiger charge is 2.27. The number of hydrogen-bond acceptors (Lipinski definition) is 4. The molecular weight excluding hydrogens is 304 g/mol. The monoisotopic (exact) mass is 318 g/mol. The van der Waals surface area contributed by atoms with Crippen molar-refractivity contribution >= 4 is 17.5 Å². The van der Waals surface area contributed by atoms with Gasteiger partial charge in [-0.05, 0) is 23.8 Å². The Hall–Kier alpha value is -2.11. The van der Waals surface area contributed by atoms with Gasteiger partial charge in [-0.3, -0.25) is 9.78 Å². The second-order valence-corrected chi connectivity index (χ2v) is 5.47. The Morgan fingerprint density at radius 3 is 3.05 bits per heavy atom. The summed E-state index contributed by atoms with van der Waals surface area (Å²) >= 11 is 6.04. The lowest BCUT2D eigenvalue weighted by Crippen LogP contribution is -2.42. The summed E-state index contributed by atoms with van der Waals surface area (Å²) in [7, 11) is 0. The molecule has 1 amide bonds. The molecule has 1 unspecified atom stereocenters. The van der Waals surface area contributed by atoms with E-state index in [1.54, 1.807) is 35.4 Å². The highest BCUT2D eigenvalue weighted by molar-refractivity contribution is 6.33. The van der Waals surface area contributed by atoms with E-state index >= 15 is 0 Å². The van der Waals surface area contributed by atoms with Crippen LogP contribution in [-0.2, 0) is 4.74 Å². The predicted octanol–water partition coefficient (Wildman–Crippen LogP) is 2.65. The van der Waals surface area contributed by atoms with Crippen molar-refractivity contribution < 1.29 is 14.6 Å². The lowest BCUT2D eigenvalue weighted by Gasteiger charge is -2.33. The number of carbonyl (C=O) groups is 1. The third-order valence-electron chi connectivity index (χ3n) is 3.60. The Morgan fingerprint density at radius 1 is 1.41 bits per heavy atom. The molecule has 0 aliphatic carbocycles. The fraction of sp³-hybridized carbons (Fsp3) is 0.250. The Labute approximate surface area is 133 Å². The van der Waals surface area contributed by atoms with E-state index in [1.807, 2.05) is 6.07 Å². The number of aromatic hydroxyl groups is 1. The molecule has 22 heavy (non-hydrogen) atoms. The summed E-state index contributed by atoms with van der Waals surface area (Å²) in [5, 5.41) is 9.91. The first-order valence-corrected chi connectivity index (χ1v) is 7.32. The van der Waals surface area contributed by atoms with Crippen LogP contribution in [0.3, 0.4) is 0 Å². The standard InChI is InChI=1S/C16H15ClN2O3/c17-14-9-18-5-4-13(14)16(21)19-6-7-22-15(10-19)11-2-1-3-12(20)8-11/h1-5,8-9,15,20H,6-7,10H2. The molecule has 6 heteroatoms. The van der Waals surface area contributed by atoms with E-state index in [4.69, 9.17) is 16.3 Å². The van der Waals surface area contributed by atoms with Gasteiger partial charge in [-0.15, -0.1) is 0 Å². The number of halogens is 1. The summed E-state index contributed by atoms with van der Waals surface area (Å²) in [4.78, 5) is 18.2. The fourth-order valence-corrected chi connectivity index (χ4v) is 2.68. The maximum Gasteiger partial charge on any atom is 0.255 e. The van der Waals surface area contributed by atoms with E-state index in [0.717, 1.165) is 5.56 Å². The first kappa shape index (κ1) is 14.8. The van der Waals surface area contributed by atoms with E-state index in [0.29, 0.717) is 30.3 Å². The molecule has 1 saturated heterocycles. The van der Waals surface area contributed by atoms with Crippen LogP contribution in [0.25, 0.3) is 0 Å². The fourth-order valence-electron chi connectivity index (χ4n) is 2.48. The number of aromatic nitrogens is 1. The van der Waals surface area contributed by atoms with E-state index in [-0.39, 0.29) is 17.8 Å². The van der Waals surface area contributed by atoms with Crippen molar-refractivity contribution in [2.45, 2.75) is 6.10 Å². The molecule has 114 valence electrons. The number of rotatable bonds is 2. The minimum absolute atomic E-state index is 0.138. The molecule has 1 atom stereocenters. The molecule has 2 aromatic rings. The van der Waals surface area contributed by atoms with Crippen LogP contribution >= 0.6 is 11.6 Å². The molecule has 1 aromatic heterocycles. The topological polar surface area (TPSA) is 62.7 Å².